The summed E-state index contributed by atoms with van der Waals surface area (Å²) in [5.74, 6) is 0.492. The SMILES string of the molecule is CCOc1ccc(C(=O)Nc2ccc(C(=O)NC3CCCCC3)cc2)cc1. The van der Waals surface area contributed by atoms with Crippen LogP contribution in [0.2, 0.25) is 0 Å². The number of hydrogen-bond acceptors (Lipinski definition) is 3. The second-order valence-electron chi connectivity index (χ2n) is 6.80. The first kappa shape index (κ1) is 19.0. The van der Waals surface area contributed by atoms with E-state index in [0.29, 0.717) is 23.4 Å². The van der Waals surface area contributed by atoms with Crippen molar-refractivity contribution in [2.24, 2.45) is 0 Å². The van der Waals surface area contributed by atoms with Gasteiger partial charge in [-0.3, -0.25) is 9.59 Å². The fraction of sp³-hybridized carbons (Fsp3) is 0.364. The highest BCUT2D eigenvalue weighted by Gasteiger charge is 2.16. The summed E-state index contributed by atoms with van der Waals surface area (Å²) in [6.45, 7) is 2.51. The first-order valence-corrected chi connectivity index (χ1v) is 9.61. The smallest absolute Gasteiger partial charge is 0.255 e. The minimum absolute atomic E-state index is 0.0497. The molecular formula is C22H26N2O3. The molecule has 0 spiro atoms. The Balaban J connectivity index is 1.56. The van der Waals surface area contributed by atoms with Crippen LogP contribution >= 0.6 is 0 Å². The maximum atomic E-state index is 12.3. The first-order valence-electron chi connectivity index (χ1n) is 9.61. The van der Waals surface area contributed by atoms with Crippen molar-refractivity contribution >= 4 is 17.5 Å². The van der Waals surface area contributed by atoms with Gasteiger partial charge in [-0.2, -0.15) is 0 Å². The summed E-state index contributed by atoms with van der Waals surface area (Å²) in [5.41, 5.74) is 1.82. The Labute approximate surface area is 160 Å². The van der Waals surface area contributed by atoms with Crippen LogP contribution in [-0.2, 0) is 0 Å². The highest BCUT2D eigenvalue weighted by Crippen LogP contribution is 2.19. The lowest BCUT2D eigenvalue weighted by molar-refractivity contribution is 0.0927. The second kappa shape index (κ2) is 9.21. The minimum atomic E-state index is -0.197. The largest absolute Gasteiger partial charge is 0.494 e. The Hall–Kier alpha value is -2.82. The minimum Gasteiger partial charge on any atom is -0.494 e. The molecule has 2 amide bonds. The van der Waals surface area contributed by atoms with Gasteiger partial charge in [0, 0.05) is 22.9 Å². The molecule has 0 unspecified atom stereocenters. The summed E-state index contributed by atoms with van der Waals surface area (Å²) in [6.07, 6.45) is 5.74. The highest BCUT2D eigenvalue weighted by molar-refractivity contribution is 6.04. The predicted molar refractivity (Wildman–Crippen MR) is 106 cm³/mol. The van der Waals surface area contributed by atoms with Gasteiger partial charge < -0.3 is 15.4 Å². The number of benzene rings is 2. The first-order chi connectivity index (χ1) is 13.2. The van der Waals surface area contributed by atoms with Crippen LogP contribution in [0.25, 0.3) is 0 Å². The third-order valence-corrected chi connectivity index (χ3v) is 4.77. The summed E-state index contributed by atoms with van der Waals surface area (Å²) in [6, 6.07) is 14.3. The van der Waals surface area contributed by atoms with E-state index >= 15 is 0 Å². The normalized spacial score (nSPS) is 14.4. The molecule has 0 heterocycles. The Morgan fingerprint density at radius 1 is 0.889 bits per heavy atom. The van der Waals surface area contributed by atoms with Crippen LogP contribution in [0.3, 0.4) is 0 Å². The van der Waals surface area contributed by atoms with Crippen molar-refractivity contribution in [3.8, 4) is 5.75 Å². The van der Waals surface area contributed by atoms with Crippen LogP contribution in [0.4, 0.5) is 5.69 Å². The fourth-order valence-corrected chi connectivity index (χ4v) is 3.29. The molecule has 1 fully saturated rings. The van der Waals surface area contributed by atoms with E-state index in [1.54, 1.807) is 48.5 Å². The molecule has 5 heteroatoms. The van der Waals surface area contributed by atoms with Crippen LogP contribution in [0.5, 0.6) is 5.75 Å². The van der Waals surface area contributed by atoms with Crippen molar-refractivity contribution in [3.63, 3.8) is 0 Å². The third-order valence-electron chi connectivity index (χ3n) is 4.77. The van der Waals surface area contributed by atoms with Crippen molar-refractivity contribution in [3.05, 3.63) is 59.7 Å². The molecule has 2 N–H and O–H groups in total. The molecule has 2 aromatic rings. The Morgan fingerprint density at radius 3 is 2.11 bits per heavy atom. The summed E-state index contributed by atoms with van der Waals surface area (Å²) in [7, 11) is 0. The van der Waals surface area contributed by atoms with Gasteiger partial charge in [-0.1, -0.05) is 19.3 Å². The van der Waals surface area contributed by atoms with E-state index < -0.39 is 0 Å². The van der Waals surface area contributed by atoms with Crippen LogP contribution in [-0.4, -0.2) is 24.5 Å². The number of amides is 2. The van der Waals surface area contributed by atoms with Gasteiger partial charge in [0.15, 0.2) is 0 Å². The molecule has 2 aromatic carbocycles. The van der Waals surface area contributed by atoms with Crippen LogP contribution < -0.4 is 15.4 Å². The fourth-order valence-electron chi connectivity index (χ4n) is 3.29. The molecule has 1 aliphatic carbocycles. The van der Waals surface area contributed by atoms with Crippen molar-refractivity contribution in [1.29, 1.82) is 0 Å². The quantitative estimate of drug-likeness (QED) is 0.796. The lowest BCUT2D eigenvalue weighted by atomic mass is 9.95. The number of rotatable bonds is 6. The van der Waals surface area contributed by atoms with Gasteiger partial charge in [0.05, 0.1) is 6.61 Å². The van der Waals surface area contributed by atoms with Crippen LogP contribution in [0.15, 0.2) is 48.5 Å². The van der Waals surface area contributed by atoms with E-state index in [1.807, 2.05) is 6.92 Å². The lowest BCUT2D eigenvalue weighted by Gasteiger charge is -2.22. The number of nitrogens with one attached hydrogen (secondary N) is 2. The molecular weight excluding hydrogens is 340 g/mol. The predicted octanol–water partition coefficient (Wildman–Crippen LogP) is 4.40. The zero-order valence-corrected chi connectivity index (χ0v) is 15.7. The Morgan fingerprint density at radius 2 is 1.48 bits per heavy atom. The highest BCUT2D eigenvalue weighted by atomic mass is 16.5. The molecule has 0 saturated heterocycles. The summed E-state index contributed by atoms with van der Waals surface area (Å²) in [5, 5.41) is 5.94. The second-order valence-corrected chi connectivity index (χ2v) is 6.80. The van der Waals surface area contributed by atoms with E-state index in [2.05, 4.69) is 10.6 Å². The number of carbonyl (C=O) groups is 2. The van der Waals surface area contributed by atoms with Gasteiger partial charge in [-0.25, -0.2) is 0 Å². The molecule has 0 radical (unpaired) electrons. The Kier molecular flexibility index (Phi) is 6.47. The summed E-state index contributed by atoms with van der Waals surface area (Å²) >= 11 is 0. The standard InChI is InChI=1S/C22H26N2O3/c1-2-27-20-14-10-17(11-15-20)22(26)24-19-12-8-16(9-13-19)21(25)23-18-6-4-3-5-7-18/h8-15,18H,2-7H2,1H3,(H,23,25)(H,24,26). The van der Waals surface area contributed by atoms with E-state index in [-0.39, 0.29) is 17.9 Å². The molecule has 5 nitrogen and oxygen atoms in total. The molecule has 1 aliphatic rings. The molecule has 0 aromatic heterocycles. The zero-order valence-electron chi connectivity index (χ0n) is 15.7. The topological polar surface area (TPSA) is 67.4 Å². The average molecular weight is 366 g/mol. The van der Waals surface area contributed by atoms with Crippen LogP contribution in [0, 0.1) is 0 Å². The molecule has 1 saturated carbocycles. The number of ether oxygens (including phenoxy) is 1. The van der Waals surface area contributed by atoms with Gasteiger partial charge >= 0.3 is 0 Å². The van der Waals surface area contributed by atoms with Gasteiger partial charge in [0.1, 0.15) is 5.75 Å². The monoisotopic (exact) mass is 366 g/mol. The summed E-state index contributed by atoms with van der Waals surface area (Å²) < 4.78 is 5.38. The molecule has 142 valence electrons. The van der Waals surface area contributed by atoms with E-state index in [9.17, 15) is 9.59 Å². The maximum Gasteiger partial charge on any atom is 0.255 e. The number of anilines is 1. The molecule has 0 atom stereocenters. The molecule has 3 rings (SSSR count). The number of carbonyl (C=O) groups excluding carboxylic acids is 2. The lowest BCUT2D eigenvalue weighted by Crippen LogP contribution is -2.36. The van der Waals surface area contributed by atoms with Crippen molar-refractivity contribution in [2.45, 2.75) is 45.1 Å². The third kappa shape index (κ3) is 5.33. The van der Waals surface area contributed by atoms with Gasteiger partial charge in [-0.15, -0.1) is 0 Å². The average Bonchev–Trinajstić information content (AvgIpc) is 2.70. The van der Waals surface area contributed by atoms with Gasteiger partial charge in [0.2, 0.25) is 0 Å². The summed E-state index contributed by atoms with van der Waals surface area (Å²) in [4.78, 5) is 24.7. The van der Waals surface area contributed by atoms with Crippen molar-refractivity contribution < 1.29 is 14.3 Å². The maximum absolute atomic E-state index is 12.3. The van der Waals surface area contributed by atoms with Crippen molar-refractivity contribution in [1.82, 2.24) is 5.32 Å². The van der Waals surface area contributed by atoms with E-state index in [4.69, 9.17) is 4.74 Å². The zero-order chi connectivity index (χ0) is 19.1. The van der Waals surface area contributed by atoms with Gasteiger partial charge in [0.25, 0.3) is 11.8 Å². The van der Waals surface area contributed by atoms with Crippen LogP contribution in [0.1, 0.15) is 59.7 Å². The van der Waals surface area contributed by atoms with E-state index in [0.717, 1.165) is 18.6 Å². The van der Waals surface area contributed by atoms with Crippen molar-refractivity contribution in [2.75, 3.05) is 11.9 Å². The Bertz CT molecular complexity index is 763. The van der Waals surface area contributed by atoms with E-state index in [1.165, 1.54) is 19.3 Å². The number of hydrogen-bond donors (Lipinski definition) is 2. The molecule has 0 aliphatic heterocycles. The van der Waals surface area contributed by atoms with Gasteiger partial charge in [-0.05, 0) is 68.3 Å². The molecule has 0 bridgehead atoms. The molecule has 27 heavy (non-hydrogen) atoms.